The number of rotatable bonds is 2. The first kappa shape index (κ1) is 18.7. The van der Waals surface area contributed by atoms with Crippen molar-refractivity contribution in [3.8, 4) is 0 Å². The first-order valence-corrected chi connectivity index (χ1v) is 4.50. The van der Waals surface area contributed by atoms with Crippen LogP contribution in [0.2, 0.25) is 0 Å². The summed E-state index contributed by atoms with van der Waals surface area (Å²) in [6, 6.07) is -0.816. The highest BCUT2D eigenvalue weighted by molar-refractivity contribution is 7.80. The zero-order valence-electron chi connectivity index (χ0n) is 6.19. The fourth-order valence-corrected chi connectivity index (χ4v) is 0.234. The second-order valence-corrected chi connectivity index (χ2v) is 2.84. The SMILES string of the molecule is Cl.NC(CS)C(=O)O.O=S(=O)(O)O. The number of carbonyl (C=O) groups is 1. The molecule has 1 atom stereocenters. The molecule has 0 bridgehead atoms. The van der Waals surface area contributed by atoms with Gasteiger partial charge in [0.2, 0.25) is 0 Å². The van der Waals surface area contributed by atoms with Gasteiger partial charge in [0.1, 0.15) is 6.04 Å². The number of aliphatic carboxylic acids is 1. The molecule has 0 saturated carbocycles. The number of thiol groups is 1. The van der Waals surface area contributed by atoms with Gasteiger partial charge < -0.3 is 10.8 Å². The lowest BCUT2D eigenvalue weighted by molar-refractivity contribution is -0.137. The van der Waals surface area contributed by atoms with Gasteiger partial charge in [-0.25, -0.2) is 0 Å². The van der Waals surface area contributed by atoms with Crippen molar-refractivity contribution in [2.24, 2.45) is 5.73 Å². The smallest absolute Gasteiger partial charge is 0.394 e. The first-order chi connectivity index (χ1) is 5.18. The molecule has 7 nitrogen and oxygen atoms in total. The Hall–Kier alpha value is -0.0600. The molecule has 13 heavy (non-hydrogen) atoms. The molecule has 0 spiro atoms. The van der Waals surface area contributed by atoms with Gasteiger partial charge in [-0.15, -0.1) is 12.4 Å². The molecular formula is C3H10ClNO6S2. The molecule has 0 radical (unpaired) electrons. The Morgan fingerprint density at radius 1 is 1.46 bits per heavy atom. The van der Waals surface area contributed by atoms with E-state index >= 15 is 0 Å². The van der Waals surface area contributed by atoms with Crippen molar-refractivity contribution in [2.45, 2.75) is 6.04 Å². The third-order valence-electron chi connectivity index (χ3n) is 0.514. The lowest BCUT2D eigenvalue weighted by Gasteiger charge is -1.96. The van der Waals surface area contributed by atoms with Crippen LogP contribution in [-0.4, -0.2) is 40.4 Å². The van der Waals surface area contributed by atoms with Crippen molar-refractivity contribution in [2.75, 3.05) is 5.75 Å². The Morgan fingerprint density at radius 3 is 1.69 bits per heavy atom. The molecule has 0 heterocycles. The zero-order chi connectivity index (χ0) is 10.4. The second-order valence-electron chi connectivity index (χ2n) is 1.58. The molecule has 0 aliphatic carbocycles. The molecule has 0 fully saturated rings. The predicted octanol–water partition coefficient (Wildman–Crippen LogP) is -0.903. The van der Waals surface area contributed by atoms with Crippen molar-refractivity contribution in [3.63, 3.8) is 0 Å². The Morgan fingerprint density at radius 2 is 1.69 bits per heavy atom. The highest BCUT2D eigenvalue weighted by Crippen LogP contribution is 1.80. The molecule has 0 aliphatic heterocycles. The Labute approximate surface area is 86.7 Å². The van der Waals surface area contributed by atoms with E-state index in [0.29, 0.717) is 0 Å². The van der Waals surface area contributed by atoms with Crippen LogP contribution in [0.25, 0.3) is 0 Å². The average Bonchev–Trinajstić information content (AvgIpc) is 1.82. The molecule has 5 N–H and O–H groups in total. The molecule has 0 aromatic rings. The molecular weight excluding hydrogens is 246 g/mol. The molecule has 1 unspecified atom stereocenters. The third-order valence-corrected chi connectivity index (χ3v) is 0.907. The summed E-state index contributed by atoms with van der Waals surface area (Å²) >= 11 is 3.65. The van der Waals surface area contributed by atoms with Gasteiger partial charge in [-0.05, 0) is 0 Å². The van der Waals surface area contributed by atoms with E-state index in [4.69, 9.17) is 28.4 Å². The molecule has 10 heteroatoms. The minimum Gasteiger partial charge on any atom is -0.480 e. The zero-order valence-corrected chi connectivity index (χ0v) is 8.72. The summed E-state index contributed by atoms with van der Waals surface area (Å²) in [5.74, 6) is -0.815. The van der Waals surface area contributed by atoms with Crippen LogP contribution in [0.3, 0.4) is 0 Å². The minimum atomic E-state index is -4.67. The van der Waals surface area contributed by atoms with Crippen molar-refractivity contribution in [3.05, 3.63) is 0 Å². The van der Waals surface area contributed by atoms with Crippen LogP contribution in [0.5, 0.6) is 0 Å². The Balaban J connectivity index is -0.000000150. The number of carboxylic acids is 1. The quantitative estimate of drug-likeness (QED) is 0.318. The fraction of sp³-hybridized carbons (Fsp3) is 0.667. The number of nitrogens with two attached hydrogens (primary N) is 1. The van der Waals surface area contributed by atoms with E-state index in [2.05, 4.69) is 12.6 Å². The van der Waals surface area contributed by atoms with E-state index in [1.165, 1.54) is 0 Å². The maximum Gasteiger partial charge on any atom is 0.394 e. The van der Waals surface area contributed by atoms with E-state index in [0.717, 1.165) is 0 Å². The van der Waals surface area contributed by atoms with Gasteiger partial charge in [0, 0.05) is 5.75 Å². The summed E-state index contributed by atoms with van der Waals surface area (Å²) in [4.78, 5) is 9.76. The average molecular weight is 256 g/mol. The number of hydrogen-bond donors (Lipinski definition) is 5. The molecule has 0 amide bonds. The lowest BCUT2D eigenvalue weighted by atomic mass is 10.4. The van der Waals surface area contributed by atoms with Gasteiger partial charge in [-0.3, -0.25) is 13.9 Å². The van der Waals surface area contributed by atoms with Crippen molar-refractivity contribution >= 4 is 41.4 Å². The number of hydrogen-bond acceptors (Lipinski definition) is 5. The van der Waals surface area contributed by atoms with Gasteiger partial charge in [-0.2, -0.15) is 21.0 Å². The van der Waals surface area contributed by atoms with Crippen LogP contribution in [0.1, 0.15) is 0 Å². The highest BCUT2D eigenvalue weighted by Gasteiger charge is 2.06. The van der Waals surface area contributed by atoms with Gasteiger partial charge in [0.15, 0.2) is 0 Å². The van der Waals surface area contributed by atoms with Gasteiger partial charge in [0.05, 0.1) is 0 Å². The summed E-state index contributed by atoms with van der Waals surface area (Å²) in [5, 5.41) is 8.01. The van der Waals surface area contributed by atoms with Crippen LogP contribution in [-0.2, 0) is 15.2 Å². The number of carboxylic acid groups (broad SMARTS) is 1. The second kappa shape index (κ2) is 8.53. The minimum absolute atomic E-state index is 0. The molecule has 0 aromatic carbocycles. The summed E-state index contributed by atoms with van der Waals surface area (Å²) in [7, 11) is -4.67. The van der Waals surface area contributed by atoms with E-state index in [9.17, 15) is 4.79 Å². The molecule has 0 aromatic heterocycles. The van der Waals surface area contributed by atoms with Crippen LogP contribution in [0.15, 0.2) is 0 Å². The van der Waals surface area contributed by atoms with E-state index in [-0.39, 0.29) is 18.2 Å². The predicted molar refractivity (Wildman–Crippen MR) is 50.9 cm³/mol. The summed E-state index contributed by atoms with van der Waals surface area (Å²) in [5.41, 5.74) is 4.94. The topological polar surface area (TPSA) is 138 Å². The lowest BCUT2D eigenvalue weighted by Crippen LogP contribution is -2.31. The normalized spacial score (nSPS) is 11.7. The summed E-state index contributed by atoms with van der Waals surface area (Å²) < 4.78 is 31.6. The standard InChI is InChI=1S/C3H7NO2S.ClH.H2O4S/c4-2(1-7)3(5)6;;1-5(2,3)4/h2,7H,1,4H2,(H,5,6);1H;(H2,1,2,3,4). The van der Waals surface area contributed by atoms with E-state index in [1.54, 1.807) is 0 Å². The summed E-state index contributed by atoms with van der Waals surface area (Å²) in [6.07, 6.45) is 0. The first-order valence-electron chi connectivity index (χ1n) is 2.47. The fourth-order valence-electron chi connectivity index (χ4n) is 0.0781. The van der Waals surface area contributed by atoms with E-state index in [1.807, 2.05) is 0 Å². The van der Waals surface area contributed by atoms with Crippen LogP contribution in [0, 0.1) is 0 Å². The highest BCUT2D eigenvalue weighted by atomic mass is 35.5. The Kier molecular flexibility index (Phi) is 12.3. The van der Waals surface area contributed by atoms with Crippen LogP contribution >= 0.6 is 25.0 Å². The van der Waals surface area contributed by atoms with Crippen LogP contribution in [0.4, 0.5) is 0 Å². The van der Waals surface area contributed by atoms with Crippen molar-refractivity contribution in [1.82, 2.24) is 0 Å². The number of halogens is 1. The van der Waals surface area contributed by atoms with Gasteiger partial charge in [-0.1, -0.05) is 0 Å². The Bertz CT molecular complexity index is 220. The maximum atomic E-state index is 9.76. The molecule has 0 aliphatic rings. The molecule has 0 saturated heterocycles. The van der Waals surface area contributed by atoms with Crippen molar-refractivity contribution in [1.29, 1.82) is 0 Å². The summed E-state index contributed by atoms with van der Waals surface area (Å²) in [6.45, 7) is 0. The van der Waals surface area contributed by atoms with E-state index < -0.39 is 22.4 Å². The van der Waals surface area contributed by atoms with Gasteiger partial charge in [0.25, 0.3) is 0 Å². The maximum absolute atomic E-state index is 9.76. The molecule has 0 rings (SSSR count). The largest absolute Gasteiger partial charge is 0.480 e. The van der Waals surface area contributed by atoms with Crippen molar-refractivity contribution < 1.29 is 27.4 Å². The van der Waals surface area contributed by atoms with Gasteiger partial charge >= 0.3 is 16.4 Å². The van der Waals surface area contributed by atoms with Crippen LogP contribution < -0.4 is 5.73 Å². The molecule has 82 valence electrons. The third kappa shape index (κ3) is 33.4. The monoisotopic (exact) mass is 255 g/mol.